The van der Waals surface area contributed by atoms with E-state index >= 15 is 0 Å². The predicted octanol–water partition coefficient (Wildman–Crippen LogP) is 4.07. The fraction of sp³-hybridized carbons (Fsp3) is 0.286. The van der Waals surface area contributed by atoms with Crippen molar-refractivity contribution >= 4 is 27.7 Å². The molecule has 2 aromatic rings. The van der Waals surface area contributed by atoms with E-state index < -0.39 is 23.6 Å². The van der Waals surface area contributed by atoms with Gasteiger partial charge in [-0.2, -0.15) is 0 Å². The van der Waals surface area contributed by atoms with E-state index in [4.69, 9.17) is 9.47 Å². The Morgan fingerprint density at radius 2 is 2.00 bits per heavy atom. The summed E-state index contributed by atoms with van der Waals surface area (Å²) in [5.41, 5.74) is 0.520. The van der Waals surface area contributed by atoms with Crippen molar-refractivity contribution in [2.75, 3.05) is 19.8 Å². The summed E-state index contributed by atoms with van der Waals surface area (Å²) >= 11 is 3.22. The number of hydrogen-bond acceptors (Lipinski definition) is 6. The van der Waals surface area contributed by atoms with Gasteiger partial charge in [-0.15, -0.1) is 0 Å². The van der Waals surface area contributed by atoms with Crippen LogP contribution < -0.4 is 5.32 Å². The van der Waals surface area contributed by atoms with Gasteiger partial charge in [-0.05, 0) is 38.1 Å². The first-order chi connectivity index (χ1) is 14.5. The lowest BCUT2D eigenvalue weighted by molar-refractivity contribution is -0.139. The molecule has 1 aromatic heterocycles. The third-order valence-corrected chi connectivity index (χ3v) is 4.81. The normalized spacial score (nSPS) is 16.2. The Bertz CT molecular complexity index is 1010. The number of nitrogens with one attached hydrogen (secondary N) is 1. The molecule has 0 fully saturated rings. The summed E-state index contributed by atoms with van der Waals surface area (Å²) in [4.78, 5) is 21.3. The number of aliphatic imine (C=N–C) groups is 1. The second-order valence-electron chi connectivity index (χ2n) is 6.25. The van der Waals surface area contributed by atoms with Gasteiger partial charge in [-0.25, -0.2) is 18.6 Å². The zero-order valence-corrected chi connectivity index (χ0v) is 18.0. The molecule has 1 aliphatic rings. The maximum Gasteiger partial charge on any atom is 0.338 e. The van der Waals surface area contributed by atoms with Gasteiger partial charge < -0.3 is 14.8 Å². The van der Waals surface area contributed by atoms with Crippen molar-refractivity contribution in [1.82, 2.24) is 10.3 Å². The average Bonchev–Trinajstić information content (AvgIpc) is 2.72. The van der Waals surface area contributed by atoms with Crippen molar-refractivity contribution < 1.29 is 23.0 Å². The highest BCUT2D eigenvalue weighted by Crippen LogP contribution is 2.35. The number of ether oxygens (including phenoxy) is 2. The van der Waals surface area contributed by atoms with Crippen LogP contribution in [0.3, 0.4) is 0 Å². The van der Waals surface area contributed by atoms with Crippen LogP contribution in [0.15, 0.2) is 57.3 Å². The van der Waals surface area contributed by atoms with Crippen molar-refractivity contribution in [2.24, 2.45) is 4.99 Å². The topological polar surface area (TPSA) is 72.8 Å². The average molecular weight is 480 g/mol. The van der Waals surface area contributed by atoms with Crippen LogP contribution in [0.2, 0.25) is 0 Å². The monoisotopic (exact) mass is 479 g/mol. The summed E-state index contributed by atoms with van der Waals surface area (Å²) < 4.78 is 40.4. The van der Waals surface area contributed by atoms with Gasteiger partial charge in [0.05, 0.1) is 24.5 Å². The van der Waals surface area contributed by atoms with Crippen LogP contribution in [-0.2, 0) is 14.3 Å². The highest BCUT2D eigenvalue weighted by Gasteiger charge is 2.34. The first kappa shape index (κ1) is 22.0. The predicted molar refractivity (Wildman–Crippen MR) is 111 cm³/mol. The number of esters is 1. The van der Waals surface area contributed by atoms with E-state index in [1.165, 1.54) is 30.5 Å². The molecule has 3 rings (SSSR count). The van der Waals surface area contributed by atoms with E-state index in [9.17, 15) is 13.6 Å². The zero-order valence-electron chi connectivity index (χ0n) is 16.4. The third kappa shape index (κ3) is 4.73. The lowest BCUT2D eigenvalue weighted by Crippen LogP contribution is -2.37. The molecule has 1 atom stereocenters. The zero-order chi connectivity index (χ0) is 21.7. The molecule has 2 heterocycles. The number of pyridine rings is 1. The van der Waals surface area contributed by atoms with Crippen LogP contribution in [0, 0.1) is 11.6 Å². The molecule has 1 unspecified atom stereocenters. The van der Waals surface area contributed by atoms with Gasteiger partial charge in [-0.3, -0.25) is 4.99 Å². The van der Waals surface area contributed by atoms with Crippen LogP contribution in [-0.4, -0.2) is 36.6 Å². The van der Waals surface area contributed by atoms with E-state index in [0.29, 0.717) is 16.8 Å². The maximum atomic E-state index is 14.8. The Hall–Kier alpha value is -2.65. The molecular weight excluding hydrogens is 460 g/mol. The quantitative estimate of drug-likeness (QED) is 0.606. The summed E-state index contributed by atoms with van der Waals surface area (Å²) in [5, 5.41) is 2.93. The second kappa shape index (κ2) is 9.90. The largest absolute Gasteiger partial charge is 0.463 e. The molecule has 1 aromatic carbocycles. The number of carbonyl (C=O) groups is 1. The number of hydrogen-bond donors (Lipinski definition) is 1. The summed E-state index contributed by atoms with van der Waals surface area (Å²) in [6.07, 6.45) is 1.42. The molecule has 158 valence electrons. The molecule has 30 heavy (non-hydrogen) atoms. The van der Waals surface area contributed by atoms with Gasteiger partial charge in [0.2, 0.25) is 0 Å². The number of rotatable bonds is 7. The minimum atomic E-state index is -1.06. The molecule has 0 saturated carbocycles. The van der Waals surface area contributed by atoms with Crippen LogP contribution in [0.1, 0.15) is 31.1 Å². The molecule has 1 N–H and O–H groups in total. The SMILES string of the molecule is CCOCC1=C(C(=O)OCC)C(c2ccc(Br)cc2F)N=C(c2ncccc2F)N1. The molecule has 6 nitrogen and oxygen atoms in total. The first-order valence-corrected chi connectivity index (χ1v) is 10.1. The van der Waals surface area contributed by atoms with Crippen molar-refractivity contribution in [3.8, 4) is 0 Å². The van der Waals surface area contributed by atoms with E-state index in [1.54, 1.807) is 19.9 Å². The number of benzene rings is 1. The van der Waals surface area contributed by atoms with E-state index in [-0.39, 0.29) is 35.9 Å². The van der Waals surface area contributed by atoms with Crippen LogP contribution in [0.5, 0.6) is 0 Å². The smallest absolute Gasteiger partial charge is 0.338 e. The fourth-order valence-electron chi connectivity index (χ4n) is 2.99. The van der Waals surface area contributed by atoms with Gasteiger partial charge in [-0.1, -0.05) is 22.0 Å². The lowest BCUT2D eigenvalue weighted by Gasteiger charge is -2.27. The van der Waals surface area contributed by atoms with Gasteiger partial charge in [0.25, 0.3) is 0 Å². The van der Waals surface area contributed by atoms with E-state index in [0.717, 1.165) is 0 Å². The van der Waals surface area contributed by atoms with Crippen LogP contribution >= 0.6 is 15.9 Å². The Balaban J connectivity index is 2.19. The molecule has 0 radical (unpaired) electrons. The Morgan fingerprint density at radius 1 is 1.20 bits per heavy atom. The van der Waals surface area contributed by atoms with Crippen LogP contribution in [0.4, 0.5) is 8.78 Å². The van der Waals surface area contributed by atoms with Crippen molar-refractivity contribution in [1.29, 1.82) is 0 Å². The van der Waals surface area contributed by atoms with E-state index in [1.807, 2.05) is 0 Å². The molecular formula is C21H20BrF2N3O3. The maximum absolute atomic E-state index is 14.8. The van der Waals surface area contributed by atoms with Gasteiger partial charge in [0.15, 0.2) is 11.7 Å². The highest BCUT2D eigenvalue weighted by atomic mass is 79.9. The van der Waals surface area contributed by atoms with Crippen LogP contribution in [0.25, 0.3) is 0 Å². The Labute approximate surface area is 181 Å². The molecule has 0 saturated heterocycles. The molecule has 1 aliphatic heterocycles. The molecule has 0 amide bonds. The second-order valence-corrected chi connectivity index (χ2v) is 7.17. The van der Waals surface area contributed by atoms with Gasteiger partial charge in [0, 0.05) is 22.8 Å². The van der Waals surface area contributed by atoms with Gasteiger partial charge >= 0.3 is 5.97 Å². The summed E-state index contributed by atoms with van der Waals surface area (Å²) in [6.45, 7) is 3.98. The first-order valence-electron chi connectivity index (χ1n) is 9.34. The summed E-state index contributed by atoms with van der Waals surface area (Å²) in [5.74, 6) is -1.76. The minimum Gasteiger partial charge on any atom is -0.463 e. The number of halogens is 3. The highest BCUT2D eigenvalue weighted by molar-refractivity contribution is 9.10. The van der Waals surface area contributed by atoms with Gasteiger partial charge in [0.1, 0.15) is 17.6 Å². The number of amidine groups is 1. The summed E-state index contributed by atoms with van der Waals surface area (Å²) in [6, 6.07) is 6.07. The Kier molecular flexibility index (Phi) is 7.28. The molecule has 9 heteroatoms. The number of nitrogens with zero attached hydrogens (tertiary/aromatic N) is 2. The van der Waals surface area contributed by atoms with Crippen molar-refractivity contribution in [3.63, 3.8) is 0 Å². The minimum absolute atomic E-state index is 0.00671. The lowest BCUT2D eigenvalue weighted by atomic mass is 9.95. The molecule has 0 spiro atoms. The van der Waals surface area contributed by atoms with Crippen molar-refractivity contribution in [2.45, 2.75) is 19.9 Å². The van der Waals surface area contributed by atoms with Crippen molar-refractivity contribution in [3.05, 3.63) is 75.2 Å². The number of carbonyl (C=O) groups excluding carboxylic acids is 1. The Morgan fingerprint density at radius 3 is 2.67 bits per heavy atom. The third-order valence-electron chi connectivity index (χ3n) is 4.31. The molecule has 0 bridgehead atoms. The fourth-order valence-corrected chi connectivity index (χ4v) is 3.32. The molecule has 0 aliphatic carbocycles. The standard InChI is InChI=1S/C21H20BrF2N3O3/c1-3-29-11-16-17(21(28)30-4-2)18(13-8-7-12(22)10-15(13)24)27-20(26-16)19-14(23)6-5-9-25-19/h5-10,18H,3-4,11H2,1-2H3,(H,26,27). The van der Waals surface area contributed by atoms with E-state index in [2.05, 4.69) is 31.2 Å². The summed E-state index contributed by atoms with van der Waals surface area (Å²) in [7, 11) is 0. The number of aromatic nitrogens is 1.